The number of rotatable bonds is 6. The van der Waals surface area contributed by atoms with Crippen LogP contribution in [0.4, 0.5) is 5.69 Å². The highest BCUT2D eigenvalue weighted by Gasteiger charge is 2.18. The Kier molecular flexibility index (Phi) is 5.05. The van der Waals surface area contributed by atoms with Crippen LogP contribution in [0.25, 0.3) is 27.9 Å². The number of aromatic nitrogens is 3. The lowest BCUT2D eigenvalue weighted by atomic mass is 10.1. The van der Waals surface area contributed by atoms with Crippen molar-refractivity contribution in [3.63, 3.8) is 0 Å². The minimum Gasteiger partial charge on any atom is -0.477 e. The Morgan fingerprint density at radius 3 is 2.53 bits per heavy atom. The average molecular weight is 404 g/mol. The summed E-state index contributed by atoms with van der Waals surface area (Å²) < 4.78 is 6.94. The summed E-state index contributed by atoms with van der Waals surface area (Å²) in [6.45, 7) is 5.51. The van der Waals surface area contributed by atoms with Gasteiger partial charge in [-0.25, -0.2) is 14.3 Å². The molecule has 0 aliphatic rings. The molecule has 0 fully saturated rings. The van der Waals surface area contributed by atoms with Gasteiger partial charge in [0, 0.05) is 30.1 Å². The number of benzene rings is 2. The van der Waals surface area contributed by atoms with Gasteiger partial charge in [-0.15, -0.1) is 5.10 Å². The van der Waals surface area contributed by atoms with E-state index in [0.717, 1.165) is 24.3 Å². The van der Waals surface area contributed by atoms with Crippen molar-refractivity contribution < 1.29 is 14.3 Å². The second kappa shape index (κ2) is 7.82. The first-order valence-corrected chi connectivity index (χ1v) is 9.60. The number of anilines is 1. The van der Waals surface area contributed by atoms with Crippen molar-refractivity contribution in [3.05, 3.63) is 70.7 Å². The Morgan fingerprint density at radius 1 is 1.13 bits per heavy atom. The van der Waals surface area contributed by atoms with Crippen molar-refractivity contribution >= 4 is 22.6 Å². The van der Waals surface area contributed by atoms with Crippen LogP contribution < -0.4 is 10.5 Å². The Morgan fingerprint density at radius 2 is 1.87 bits per heavy atom. The number of hydrogen-bond donors (Lipinski definition) is 1. The predicted octanol–water partition coefficient (Wildman–Crippen LogP) is 3.59. The van der Waals surface area contributed by atoms with Crippen LogP contribution in [-0.4, -0.2) is 39.2 Å². The van der Waals surface area contributed by atoms with E-state index in [1.54, 1.807) is 16.8 Å². The zero-order chi connectivity index (χ0) is 21.3. The van der Waals surface area contributed by atoms with Gasteiger partial charge in [-0.05, 0) is 26.0 Å². The number of carboxylic acid groups (broad SMARTS) is 1. The molecule has 4 rings (SSSR count). The van der Waals surface area contributed by atoms with Crippen molar-refractivity contribution in [2.75, 3.05) is 18.0 Å². The monoisotopic (exact) mass is 404 g/mol. The number of nitrogens with zero attached hydrogens (tertiary/aromatic N) is 4. The van der Waals surface area contributed by atoms with E-state index < -0.39 is 17.2 Å². The maximum atomic E-state index is 12.0. The lowest BCUT2D eigenvalue weighted by Crippen LogP contribution is -2.23. The van der Waals surface area contributed by atoms with Gasteiger partial charge in [0.25, 0.3) is 0 Å². The van der Waals surface area contributed by atoms with E-state index in [-0.39, 0.29) is 0 Å². The van der Waals surface area contributed by atoms with Gasteiger partial charge < -0.3 is 14.4 Å². The summed E-state index contributed by atoms with van der Waals surface area (Å²) in [7, 11) is 0. The fraction of sp³-hybridized carbons (Fsp3) is 0.182. The second-order valence-electron chi connectivity index (χ2n) is 6.72. The fourth-order valence-corrected chi connectivity index (χ4v) is 3.42. The first-order valence-electron chi connectivity index (χ1n) is 9.60. The molecule has 8 nitrogen and oxygen atoms in total. The number of fused-ring (bicyclic) bond motifs is 1. The van der Waals surface area contributed by atoms with Crippen LogP contribution in [0.2, 0.25) is 0 Å². The summed E-state index contributed by atoms with van der Waals surface area (Å²) in [6, 6.07) is 14.5. The molecule has 2 aromatic carbocycles. The third kappa shape index (κ3) is 3.43. The Balaban J connectivity index is 1.93. The third-order valence-corrected chi connectivity index (χ3v) is 4.97. The number of aromatic carboxylic acids is 1. The van der Waals surface area contributed by atoms with E-state index in [4.69, 9.17) is 4.42 Å². The van der Waals surface area contributed by atoms with Crippen LogP contribution in [0.1, 0.15) is 24.2 Å². The minimum absolute atomic E-state index is 0.319. The van der Waals surface area contributed by atoms with E-state index >= 15 is 0 Å². The normalized spacial score (nSPS) is 11.0. The first kappa shape index (κ1) is 19.4. The van der Waals surface area contributed by atoms with Crippen LogP contribution in [0, 0.1) is 0 Å². The van der Waals surface area contributed by atoms with Crippen molar-refractivity contribution in [1.29, 1.82) is 0 Å². The zero-order valence-corrected chi connectivity index (χ0v) is 16.6. The molecule has 0 saturated heterocycles. The molecule has 1 N–H and O–H groups in total. The van der Waals surface area contributed by atoms with Crippen molar-refractivity contribution in [2.45, 2.75) is 13.8 Å². The predicted molar refractivity (Wildman–Crippen MR) is 113 cm³/mol. The van der Waals surface area contributed by atoms with Gasteiger partial charge >= 0.3 is 11.6 Å². The van der Waals surface area contributed by atoms with Gasteiger partial charge in [0.1, 0.15) is 16.8 Å². The molecule has 8 heteroatoms. The first-order chi connectivity index (χ1) is 14.5. The number of carbonyl (C=O) groups is 1. The summed E-state index contributed by atoms with van der Waals surface area (Å²) in [5.41, 5.74) is 2.21. The highest BCUT2D eigenvalue weighted by Crippen LogP contribution is 2.30. The van der Waals surface area contributed by atoms with Gasteiger partial charge in [-0.3, -0.25) is 0 Å². The molecule has 0 saturated carbocycles. The van der Waals surface area contributed by atoms with Crippen molar-refractivity contribution in [3.8, 4) is 16.9 Å². The zero-order valence-electron chi connectivity index (χ0n) is 16.6. The Hall–Kier alpha value is -3.94. The standard InChI is InChI=1S/C22H20N4O4/c1-3-25(4-2)18-12-20-15(10-16(21(27)28)22(29)30-20)11-19(18)26-13-17(23-24-26)14-8-6-5-7-9-14/h5-13H,3-4H2,1-2H3,(H,27,28). The van der Waals surface area contributed by atoms with Crippen LogP contribution in [0.15, 0.2) is 63.9 Å². The minimum atomic E-state index is -1.33. The summed E-state index contributed by atoms with van der Waals surface area (Å²) >= 11 is 0. The third-order valence-electron chi connectivity index (χ3n) is 4.97. The van der Waals surface area contributed by atoms with Crippen molar-refractivity contribution in [2.24, 2.45) is 0 Å². The maximum absolute atomic E-state index is 12.0. The van der Waals surface area contributed by atoms with Gasteiger partial charge in [0.2, 0.25) is 0 Å². The van der Waals surface area contributed by atoms with E-state index in [1.165, 1.54) is 6.07 Å². The van der Waals surface area contributed by atoms with Crippen LogP contribution in [-0.2, 0) is 0 Å². The van der Waals surface area contributed by atoms with Gasteiger partial charge in [0.15, 0.2) is 0 Å². The van der Waals surface area contributed by atoms with E-state index in [2.05, 4.69) is 15.2 Å². The summed E-state index contributed by atoms with van der Waals surface area (Å²) in [4.78, 5) is 25.5. The molecule has 0 unspecified atom stereocenters. The second-order valence-corrected chi connectivity index (χ2v) is 6.72. The molecule has 0 radical (unpaired) electrons. The molecule has 0 aliphatic carbocycles. The Labute approximate surface area is 172 Å². The highest BCUT2D eigenvalue weighted by molar-refractivity contribution is 5.93. The van der Waals surface area contributed by atoms with Gasteiger partial charge in [-0.2, -0.15) is 0 Å². The smallest absolute Gasteiger partial charge is 0.351 e. The topological polar surface area (TPSA) is 101 Å². The van der Waals surface area contributed by atoms with E-state index in [0.29, 0.717) is 22.4 Å². The van der Waals surface area contributed by atoms with Crippen LogP contribution >= 0.6 is 0 Å². The lowest BCUT2D eigenvalue weighted by molar-refractivity contribution is 0.0692. The molecule has 30 heavy (non-hydrogen) atoms. The Bertz CT molecular complexity index is 1270. The van der Waals surface area contributed by atoms with Gasteiger partial charge in [-0.1, -0.05) is 35.5 Å². The maximum Gasteiger partial charge on any atom is 0.351 e. The quantitative estimate of drug-likeness (QED) is 0.490. The molecule has 2 heterocycles. The number of hydrogen-bond acceptors (Lipinski definition) is 6. The molecule has 0 atom stereocenters. The molecular weight excluding hydrogens is 384 g/mol. The van der Waals surface area contributed by atoms with Crippen LogP contribution in [0.5, 0.6) is 0 Å². The average Bonchev–Trinajstić information content (AvgIpc) is 3.24. The molecule has 0 amide bonds. The summed E-state index contributed by atoms with van der Waals surface area (Å²) in [5, 5.41) is 18.3. The summed E-state index contributed by atoms with van der Waals surface area (Å²) in [5.74, 6) is -1.33. The van der Waals surface area contributed by atoms with Crippen LogP contribution in [0.3, 0.4) is 0 Å². The molecule has 0 aliphatic heterocycles. The SMILES string of the molecule is CCN(CC)c1cc2oc(=O)c(C(=O)O)cc2cc1-n1cc(-c2ccccc2)nn1. The largest absolute Gasteiger partial charge is 0.477 e. The lowest BCUT2D eigenvalue weighted by Gasteiger charge is -2.24. The van der Waals surface area contributed by atoms with E-state index in [9.17, 15) is 14.7 Å². The molecule has 0 bridgehead atoms. The molecule has 4 aromatic rings. The highest BCUT2D eigenvalue weighted by atomic mass is 16.4. The molecule has 2 aromatic heterocycles. The number of carboxylic acids is 1. The van der Waals surface area contributed by atoms with E-state index in [1.807, 2.05) is 50.4 Å². The summed E-state index contributed by atoms with van der Waals surface area (Å²) in [6.07, 6.45) is 1.82. The fourth-order valence-electron chi connectivity index (χ4n) is 3.42. The van der Waals surface area contributed by atoms with Gasteiger partial charge in [0.05, 0.1) is 17.6 Å². The van der Waals surface area contributed by atoms with Crippen molar-refractivity contribution in [1.82, 2.24) is 15.0 Å². The molecule has 0 spiro atoms. The molecular formula is C22H20N4O4. The molecule has 152 valence electrons.